The van der Waals surface area contributed by atoms with Gasteiger partial charge in [-0.2, -0.15) is 5.26 Å². The van der Waals surface area contributed by atoms with Crippen molar-refractivity contribution in [2.45, 2.75) is 34.1 Å². The standard InChI is InChI=1S/C14H16N2OS/c1-5-10-13(16)11(6-15)18-14(10)12-7(2)8(3)17-9(12)4/h5,16H2,1-4H3. The molecule has 2 heterocycles. The minimum atomic E-state index is 0.597. The molecule has 0 fully saturated rings. The minimum Gasteiger partial charge on any atom is -0.466 e. The second-order valence-electron chi connectivity index (χ2n) is 4.33. The lowest BCUT2D eigenvalue weighted by atomic mass is 10.0. The number of thiophene rings is 1. The Labute approximate surface area is 111 Å². The Hall–Kier alpha value is -1.73. The SMILES string of the molecule is CCc1c(-c2c(C)oc(C)c2C)sc(C#N)c1N. The van der Waals surface area contributed by atoms with Crippen LogP contribution in [0.4, 0.5) is 5.69 Å². The normalized spacial score (nSPS) is 10.6. The van der Waals surface area contributed by atoms with Crippen LogP contribution in [0.5, 0.6) is 0 Å². The van der Waals surface area contributed by atoms with E-state index >= 15 is 0 Å². The molecule has 3 nitrogen and oxygen atoms in total. The first-order valence-electron chi connectivity index (χ1n) is 5.89. The zero-order valence-electron chi connectivity index (χ0n) is 11.0. The molecule has 0 unspecified atom stereocenters. The average molecular weight is 260 g/mol. The third-order valence-electron chi connectivity index (χ3n) is 3.29. The van der Waals surface area contributed by atoms with Gasteiger partial charge in [-0.3, -0.25) is 0 Å². The van der Waals surface area contributed by atoms with Crippen molar-refractivity contribution in [1.29, 1.82) is 5.26 Å². The van der Waals surface area contributed by atoms with Crippen LogP contribution in [0.2, 0.25) is 0 Å². The summed E-state index contributed by atoms with van der Waals surface area (Å²) in [4.78, 5) is 1.68. The number of furan rings is 1. The number of nitriles is 1. The van der Waals surface area contributed by atoms with Gasteiger partial charge in [0.25, 0.3) is 0 Å². The predicted molar refractivity (Wildman–Crippen MR) is 74.7 cm³/mol. The smallest absolute Gasteiger partial charge is 0.128 e. The molecule has 2 N–H and O–H groups in total. The molecule has 0 aliphatic heterocycles. The lowest BCUT2D eigenvalue weighted by molar-refractivity contribution is 0.503. The van der Waals surface area contributed by atoms with Gasteiger partial charge in [-0.1, -0.05) is 6.92 Å². The van der Waals surface area contributed by atoms with E-state index in [0.29, 0.717) is 10.6 Å². The van der Waals surface area contributed by atoms with E-state index in [2.05, 4.69) is 13.0 Å². The fourth-order valence-electron chi connectivity index (χ4n) is 2.24. The first kappa shape index (κ1) is 12.7. The van der Waals surface area contributed by atoms with Crippen molar-refractivity contribution in [2.75, 3.05) is 5.73 Å². The molecule has 2 aromatic rings. The van der Waals surface area contributed by atoms with Gasteiger partial charge < -0.3 is 10.2 Å². The largest absolute Gasteiger partial charge is 0.466 e. The van der Waals surface area contributed by atoms with Crippen LogP contribution in [0.1, 0.15) is 34.4 Å². The molecule has 4 heteroatoms. The van der Waals surface area contributed by atoms with Crippen LogP contribution in [-0.4, -0.2) is 0 Å². The number of aryl methyl sites for hydroxylation is 2. The molecule has 0 radical (unpaired) electrons. The summed E-state index contributed by atoms with van der Waals surface area (Å²) in [7, 11) is 0. The Kier molecular flexibility index (Phi) is 3.18. The van der Waals surface area contributed by atoms with Crippen molar-refractivity contribution < 1.29 is 4.42 Å². The third-order valence-corrected chi connectivity index (χ3v) is 4.46. The van der Waals surface area contributed by atoms with Gasteiger partial charge in [0.05, 0.1) is 5.69 Å². The molecule has 0 saturated carbocycles. The number of nitrogens with zero attached hydrogens (tertiary/aromatic N) is 1. The van der Waals surface area contributed by atoms with Crippen molar-refractivity contribution in [2.24, 2.45) is 0 Å². The summed E-state index contributed by atoms with van der Waals surface area (Å²) in [6, 6.07) is 2.17. The molecule has 0 aliphatic rings. The van der Waals surface area contributed by atoms with E-state index < -0.39 is 0 Å². The molecule has 0 aromatic carbocycles. The number of nitrogens with two attached hydrogens (primary N) is 1. The second kappa shape index (κ2) is 4.51. The van der Waals surface area contributed by atoms with Gasteiger partial charge >= 0.3 is 0 Å². The molecule has 2 rings (SSSR count). The van der Waals surface area contributed by atoms with E-state index in [1.807, 2.05) is 20.8 Å². The summed E-state index contributed by atoms with van der Waals surface area (Å²) in [5.41, 5.74) is 9.94. The second-order valence-corrected chi connectivity index (χ2v) is 5.35. The Morgan fingerprint density at radius 2 is 1.94 bits per heavy atom. The van der Waals surface area contributed by atoms with Gasteiger partial charge in [0.2, 0.25) is 0 Å². The van der Waals surface area contributed by atoms with Gasteiger partial charge in [0.1, 0.15) is 22.5 Å². The number of anilines is 1. The highest BCUT2D eigenvalue weighted by Gasteiger charge is 2.21. The Bertz CT molecular complexity index is 644. The van der Waals surface area contributed by atoms with E-state index in [1.165, 1.54) is 11.3 Å². The van der Waals surface area contributed by atoms with Crippen molar-refractivity contribution in [3.63, 3.8) is 0 Å². The highest BCUT2D eigenvalue weighted by atomic mass is 32.1. The highest BCUT2D eigenvalue weighted by Crippen LogP contribution is 2.42. The van der Waals surface area contributed by atoms with Crippen LogP contribution >= 0.6 is 11.3 Å². The summed E-state index contributed by atoms with van der Waals surface area (Å²) in [5, 5.41) is 9.10. The molecular weight excluding hydrogens is 244 g/mol. The number of rotatable bonds is 2. The summed E-state index contributed by atoms with van der Waals surface area (Å²) >= 11 is 1.46. The molecule has 18 heavy (non-hydrogen) atoms. The summed E-state index contributed by atoms with van der Waals surface area (Å²) in [6.45, 7) is 8.01. The number of hydrogen-bond acceptors (Lipinski definition) is 4. The lowest BCUT2D eigenvalue weighted by Crippen LogP contribution is -1.92. The van der Waals surface area contributed by atoms with Gasteiger partial charge in [0.15, 0.2) is 0 Å². The Morgan fingerprint density at radius 3 is 2.39 bits per heavy atom. The van der Waals surface area contributed by atoms with Gasteiger partial charge in [-0.15, -0.1) is 11.3 Å². The lowest BCUT2D eigenvalue weighted by Gasteiger charge is -2.02. The topological polar surface area (TPSA) is 63.0 Å². The van der Waals surface area contributed by atoms with Crippen LogP contribution in [-0.2, 0) is 6.42 Å². The molecule has 0 amide bonds. The molecule has 0 spiro atoms. The van der Waals surface area contributed by atoms with Crippen LogP contribution < -0.4 is 5.73 Å². The molecule has 2 aromatic heterocycles. The van der Waals surface area contributed by atoms with Gasteiger partial charge in [-0.05, 0) is 38.3 Å². The first-order chi connectivity index (χ1) is 8.51. The van der Waals surface area contributed by atoms with Gasteiger partial charge in [0, 0.05) is 10.4 Å². The molecule has 0 aliphatic carbocycles. The minimum absolute atomic E-state index is 0.597. The summed E-state index contributed by atoms with van der Waals surface area (Å²) in [6.07, 6.45) is 0.822. The fraction of sp³-hybridized carbons (Fsp3) is 0.357. The fourth-order valence-corrected chi connectivity index (χ4v) is 3.50. The van der Waals surface area contributed by atoms with Crippen LogP contribution in [0, 0.1) is 32.1 Å². The maximum atomic E-state index is 9.10. The average Bonchev–Trinajstić information content (AvgIpc) is 2.77. The zero-order valence-corrected chi connectivity index (χ0v) is 11.9. The molecule has 0 atom stereocenters. The Balaban J connectivity index is 2.75. The van der Waals surface area contributed by atoms with Crippen molar-refractivity contribution >= 4 is 17.0 Å². The zero-order chi connectivity index (χ0) is 13.4. The predicted octanol–water partition coefficient (Wildman–Crippen LogP) is 3.95. The van der Waals surface area contributed by atoms with E-state index in [9.17, 15) is 0 Å². The highest BCUT2D eigenvalue weighted by molar-refractivity contribution is 7.16. The van der Waals surface area contributed by atoms with E-state index in [1.54, 1.807) is 0 Å². The molecule has 0 saturated heterocycles. The van der Waals surface area contributed by atoms with E-state index in [4.69, 9.17) is 15.4 Å². The van der Waals surface area contributed by atoms with E-state index in [0.717, 1.165) is 39.5 Å². The first-order valence-corrected chi connectivity index (χ1v) is 6.71. The van der Waals surface area contributed by atoms with Crippen molar-refractivity contribution in [3.8, 4) is 16.5 Å². The third kappa shape index (κ3) is 1.72. The maximum Gasteiger partial charge on any atom is 0.128 e. The van der Waals surface area contributed by atoms with Crippen molar-refractivity contribution in [1.82, 2.24) is 0 Å². The van der Waals surface area contributed by atoms with E-state index in [-0.39, 0.29) is 0 Å². The summed E-state index contributed by atoms with van der Waals surface area (Å²) < 4.78 is 5.66. The van der Waals surface area contributed by atoms with Gasteiger partial charge in [-0.25, -0.2) is 0 Å². The monoisotopic (exact) mass is 260 g/mol. The number of nitrogen functional groups attached to an aromatic ring is 1. The summed E-state index contributed by atoms with van der Waals surface area (Å²) in [5.74, 6) is 1.82. The maximum absolute atomic E-state index is 9.10. The van der Waals surface area contributed by atoms with Crippen LogP contribution in [0.25, 0.3) is 10.4 Å². The molecular formula is C14H16N2OS. The Morgan fingerprint density at radius 1 is 1.28 bits per heavy atom. The number of hydrogen-bond donors (Lipinski definition) is 1. The van der Waals surface area contributed by atoms with Crippen molar-refractivity contribution in [3.05, 3.63) is 27.5 Å². The van der Waals surface area contributed by atoms with Crippen LogP contribution in [0.3, 0.4) is 0 Å². The molecule has 94 valence electrons. The van der Waals surface area contributed by atoms with Crippen LogP contribution in [0.15, 0.2) is 4.42 Å². The molecule has 0 bridgehead atoms. The quantitative estimate of drug-likeness (QED) is 0.889.